The van der Waals surface area contributed by atoms with Crippen LogP contribution in [0.4, 0.5) is 4.39 Å². The summed E-state index contributed by atoms with van der Waals surface area (Å²) in [4.78, 5) is 0. The highest BCUT2D eigenvalue weighted by Gasteiger charge is 2.18. The van der Waals surface area contributed by atoms with Crippen molar-refractivity contribution in [3.63, 3.8) is 0 Å². The largest absolute Gasteiger partial charge is 0.378 e. The number of aryl methyl sites for hydroxylation is 1. The van der Waals surface area contributed by atoms with Crippen molar-refractivity contribution in [2.45, 2.75) is 51.5 Å². The lowest BCUT2D eigenvalue weighted by Gasteiger charge is -2.26. The van der Waals surface area contributed by atoms with Crippen molar-refractivity contribution in [2.24, 2.45) is 5.92 Å². The van der Waals surface area contributed by atoms with Crippen molar-refractivity contribution in [3.05, 3.63) is 160 Å². The number of halogens is 2. The minimum Gasteiger partial charge on any atom is -0.378 e. The molecule has 0 spiro atoms. The van der Waals surface area contributed by atoms with Gasteiger partial charge in [-0.15, -0.1) is 9.24 Å². The Balaban J connectivity index is 1.34. The maximum absolute atomic E-state index is 13.7. The van der Waals surface area contributed by atoms with E-state index >= 15 is 0 Å². The Morgan fingerprint density at radius 1 is 0.886 bits per heavy atom. The van der Waals surface area contributed by atoms with E-state index in [1.165, 1.54) is 22.8 Å². The summed E-state index contributed by atoms with van der Waals surface area (Å²) in [6.45, 7) is 13.6. The number of benzene rings is 4. The minimum absolute atomic E-state index is 0.0504. The Bertz CT molecular complexity index is 1640. The van der Waals surface area contributed by atoms with Crippen molar-refractivity contribution >= 4 is 26.5 Å². The highest BCUT2D eigenvalue weighted by Crippen LogP contribution is 2.24. The predicted octanol–water partition coefficient (Wildman–Crippen LogP) is 9.51. The van der Waals surface area contributed by atoms with Crippen LogP contribution in [0.1, 0.15) is 59.4 Å². The lowest BCUT2D eigenvalue weighted by atomic mass is 9.91. The lowest BCUT2D eigenvalue weighted by molar-refractivity contribution is 0.592. The second-order valence-electron chi connectivity index (χ2n) is 11.3. The van der Waals surface area contributed by atoms with Gasteiger partial charge in [0.1, 0.15) is 5.82 Å². The fraction of sp³-hybridized carbons (Fsp3) is 0.231. The van der Waals surface area contributed by atoms with E-state index in [9.17, 15) is 4.39 Å². The average molecular weight is 623 g/mol. The lowest BCUT2D eigenvalue weighted by Crippen LogP contribution is -2.33. The van der Waals surface area contributed by atoms with Crippen LogP contribution in [0.25, 0.3) is 5.70 Å². The monoisotopic (exact) mass is 622 g/mol. The molecule has 2 N–H and O–H groups in total. The molecule has 0 aliphatic rings. The zero-order valence-electron chi connectivity index (χ0n) is 25.5. The third-order valence-electron chi connectivity index (χ3n) is 7.62. The van der Waals surface area contributed by atoms with Crippen LogP contribution in [0.5, 0.6) is 0 Å². The van der Waals surface area contributed by atoms with E-state index in [0.717, 1.165) is 48.1 Å². The molecule has 3 atom stereocenters. The fourth-order valence-corrected chi connectivity index (χ4v) is 5.46. The summed E-state index contributed by atoms with van der Waals surface area (Å²) in [6, 6.07) is 32.1. The van der Waals surface area contributed by atoms with Crippen molar-refractivity contribution in [3.8, 4) is 11.8 Å². The fourth-order valence-electron chi connectivity index (χ4n) is 4.94. The van der Waals surface area contributed by atoms with Gasteiger partial charge in [0.2, 0.25) is 0 Å². The summed E-state index contributed by atoms with van der Waals surface area (Å²) in [7, 11) is 2.88. The van der Waals surface area contributed by atoms with E-state index in [-0.39, 0.29) is 22.8 Å². The molecule has 2 nitrogen and oxygen atoms in total. The van der Waals surface area contributed by atoms with Crippen LogP contribution >= 0.6 is 20.8 Å². The molecule has 0 saturated carbocycles. The van der Waals surface area contributed by atoms with Crippen LogP contribution < -0.4 is 10.6 Å². The van der Waals surface area contributed by atoms with Gasteiger partial charge in [-0.05, 0) is 76.9 Å². The molecular weight excluding hydrogens is 582 g/mol. The molecule has 4 rings (SSSR count). The second-order valence-corrected chi connectivity index (χ2v) is 12.4. The van der Waals surface area contributed by atoms with Gasteiger partial charge in [0.25, 0.3) is 0 Å². The molecule has 4 aromatic rings. The van der Waals surface area contributed by atoms with Gasteiger partial charge in [-0.2, -0.15) is 0 Å². The molecule has 0 radical (unpaired) electrons. The maximum Gasteiger partial charge on any atom is 0.141 e. The van der Waals surface area contributed by atoms with Gasteiger partial charge < -0.3 is 10.6 Å². The molecular formula is C39H41ClFN2P. The smallest absolute Gasteiger partial charge is 0.141 e. The molecule has 4 aromatic carbocycles. The van der Waals surface area contributed by atoms with E-state index in [1.54, 1.807) is 12.1 Å². The molecule has 226 valence electrons. The van der Waals surface area contributed by atoms with Crippen LogP contribution in [0.3, 0.4) is 0 Å². The van der Waals surface area contributed by atoms with Gasteiger partial charge in [-0.25, -0.2) is 4.39 Å². The van der Waals surface area contributed by atoms with Crippen molar-refractivity contribution < 1.29 is 4.39 Å². The molecule has 5 heteroatoms. The topological polar surface area (TPSA) is 24.1 Å². The summed E-state index contributed by atoms with van der Waals surface area (Å²) >= 11 is 6.01. The Hall–Kier alpha value is -3.67. The average Bonchev–Trinajstić information content (AvgIpc) is 3.03. The number of hydrogen-bond donors (Lipinski definition) is 2. The summed E-state index contributed by atoms with van der Waals surface area (Å²) in [5.74, 6) is 6.77. The first kappa shape index (κ1) is 33.2. The van der Waals surface area contributed by atoms with E-state index in [0.29, 0.717) is 5.70 Å². The Morgan fingerprint density at radius 2 is 1.61 bits per heavy atom. The van der Waals surface area contributed by atoms with Crippen LogP contribution in [0, 0.1) is 23.6 Å². The first-order valence-corrected chi connectivity index (χ1v) is 16.0. The Kier molecular flexibility index (Phi) is 12.4. The van der Waals surface area contributed by atoms with Gasteiger partial charge in [0.15, 0.2) is 0 Å². The SMILES string of the molecule is C=C(NC(Cc1cccc(C#CCCc2cccc(CNC(P)c3ccccc3)c2)c1)C(=C)C(C)C)c1ccc(F)c(Cl)c1. The molecule has 0 saturated heterocycles. The van der Waals surface area contributed by atoms with Crippen LogP contribution in [0.15, 0.2) is 116 Å². The van der Waals surface area contributed by atoms with E-state index in [4.69, 9.17) is 11.6 Å². The van der Waals surface area contributed by atoms with Crippen molar-refractivity contribution in [1.29, 1.82) is 0 Å². The highest BCUT2D eigenvalue weighted by molar-refractivity contribution is 7.17. The van der Waals surface area contributed by atoms with E-state index < -0.39 is 5.82 Å². The highest BCUT2D eigenvalue weighted by atomic mass is 35.5. The minimum atomic E-state index is -0.446. The number of rotatable bonds is 13. The Labute approximate surface area is 270 Å². The third kappa shape index (κ3) is 9.93. The van der Waals surface area contributed by atoms with E-state index in [1.807, 2.05) is 18.2 Å². The second kappa shape index (κ2) is 16.4. The summed E-state index contributed by atoms with van der Waals surface area (Å²) in [5.41, 5.74) is 8.46. The molecule has 0 aliphatic carbocycles. The first-order chi connectivity index (χ1) is 21.2. The normalized spacial score (nSPS) is 12.2. The summed E-state index contributed by atoms with van der Waals surface area (Å²) in [6.07, 6.45) is 2.41. The van der Waals surface area contributed by atoms with E-state index in [2.05, 4.69) is 119 Å². The van der Waals surface area contributed by atoms with Gasteiger partial charge in [-0.1, -0.05) is 123 Å². The number of nitrogens with one attached hydrogen (secondary N) is 2. The molecule has 0 aromatic heterocycles. The molecule has 0 amide bonds. The molecule has 0 fully saturated rings. The third-order valence-corrected chi connectivity index (χ3v) is 8.53. The summed E-state index contributed by atoms with van der Waals surface area (Å²) < 4.78 is 13.7. The molecule has 0 heterocycles. The molecule has 3 unspecified atom stereocenters. The van der Waals surface area contributed by atoms with Crippen molar-refractivity contribution in [2.75, 3.05) is 0 Å². The standard InChI is InChI=1S/C39H41ClFN2P/c1-27(2)28(3)38(43-29(4)35-20-21-37(41)36(40)25-35)24-32-16-10-14-30(22-32)12-8-9-13-31-15-11-17-33(23-31)26-42-39(44)34-18-6-5-7-19-34/h5-7,10-11,14-23,25,27,38-39,42-43H,3-4,9,13,24,26,44H2,1-2H3. The maximum atomic E-state index is 13.7. The quantitative estimate of drug-likeness (QED) is 0.0881. The van der Waals surface area contributed by atoms with Gasteiger partial charge in [0, 0.05) is 30.0 Å². The van der Waals surface area contributed by atoms with Crippen LogP contribution in [-0.2, 0) is 19.4 Å². The molecule has 44 heavy (non-hydrogen) atoms. The van der Waals surface area contributed by atoms with Crippen LogP contribution in [-0.4, -0.2) is 6.04 Å². The zero-order valence-corrected chi connectivity index (χ0v) is 27.5. The molecule has 0 bridgehead atoms. The predicted molar refractivity (Wildman–Crippen MR) is 189 cm³/mol. The Morgan fingerprint density at radius 3 is 2.36 bits per heavy atom. The first-order valence-electron chi connectivity index (χ1n) is 15.0. The zero-order chi connectivity index (χ0) is 31.5. The van der Waals surface area contributed by atoms with Crippen molar-refractivity contribution in [1.82, 2.24) is 10.6 Å². The van der Waals surface area contributed by atoms with Gasteiger partial charge in [-0.3, -0.25) is 0 Å². The summed E-state index contributed by atoms with van der Waals surface area (Å²) in [5, 5.41) is 7.17. The molecule has 0 aliphatic heterocycles. The number of hydrogen-bond acceptors (Lipinski definition) is 2. The van der Waals surface area contributed by atoms with Gasteiger partial charge in [0.05, 0.1) is 11.1 Å². The van der Waals surface area contributed by atoms with Crippen LogP contribution in [0.2, 0.25) is 5.02 Å². The van der Waals surface area contributed by atoms with Gasteiger partial charge >= 0.3 is 0 Å².